The zero-order chi connectivity index (χ0) is 21.8. The molecule has 0 saturated carbocycles. The van der Waals surface area contributed by atoms with E-state index in [-0.39, 0.29) is 17.9 Å². The van der Waals surface area contributed by atoms with Crippen LogP contribution in [0.15, 0.2) is 82.0 Å². The number of aryl methyl sites for hydroxylation is 1. The molecule has 0 bridgehead atoms. The number of hydrogen-bond acceptors (Lipinski definition) is 5. The molecule has 0 saturated heterocycles. The SMILES string of the molecule is Cc1oc2cc(OCC(=O)Nc3cccc(C#N)c3)ccc2c(=O)c1-c1ccccc1. The Labute approximate surface area is 178 Å². The normalized spacial score (nSPS) is 10.5. The number of nitriles is 1. The summed E-state index contributed by atoms with van der Waals surface area (Å²) >= 11 is 0. The van der Waals surface area contributed by atoms with E-state index in [1.54, 1.807) is 49.4 Å². The zero-order valence-corrected chi connectivity index (χ0v) is 16.7. The minimum absolute atomic E-state index is 0.119. The van der Waals surface area contributed by atoms with Crippen molar-refractivity contribution in [3.8, 4) is 22.9 Å². The fraction of sp³-hybridized carbons (Fsp3) is 0.0800. The Morgan fingerprint density at radius 2 is 1.87 bits per heavy atom. The summed E-state index contributed by atoms with van der Waals surface area (Å²) in [6, 6.07) is 22.9. The van der Waals surface area contributed by atoms with Crippen LogP contribution < -0.4 is 15.5 Å². The summed E-state index contributed by atoms with van der Waals surface area (Å²) < 4.78 is 11.4. The topological polar surface area (TPSA) is 92.3 Å². The molecule has 4 rings (SSSR count). The number of carbonyl (C=O) groups excluding carboxylic acids is 1. The van der Waals surface area contributed by atoms with Gasteiger partial charge in [-0.2, -0.15) is 5.26 Å². The van der Waals surface area contributed by atoms with Gasteiger partial charge in [0.15, 0.2) is 6.61 Å². The number of ether oxygens (including phenoxy) is 1. The van der Waals surface area contributed by atoms with E-state index in [9.17, 15) is 9.59 Å². The van der Waals surface area contributed by atoms with Crippen molar-refractivity contribution in [3.63, 3.8) is 0 Å². The lowest BCUT2D eigenvalue weighted by Gasteiger charge is -2.10. The number of nitrogens with zero attached hydrogens (tertiary/aromatic N) is 1. The van der Waals surface area contributed by atoms with Crippen LogP contribution in [0.2, 0.25) is 0 Å². The fourth-order valence-corrected chi connectivity index (χ4v) is 3.33. The number of amides is 1. The summed E-state index contributed by atoms with van der Waals surface area (Å²) in [4.78, 5) is 25.2. The van der Waals surface area contributed by atoms with E-state index < -0.39 is 0 Å². The summed E-state index contributed by atoms with van der Waals surface area (Å²) in [5, 5.41) is 12.1. The Hall–Kier alpha value is -4.37. The van der Waals surface area contributed by atoms with Gasteiger partial charge in [0.2, 0.25) is 5.43 Å². The number of carbonyl (C=O) groups is 1. The Morgan fingerprint density at radius 1 is 1.06 bits per heavy atom. The Morgan fingerprint density at radius 3 is 2.65 bits per heavy atom. The van der Waals surface area contributed by atoms with Crippen molar-refractivity contribution in [3.05, 3.63) is 94.3 Å². The monoisotopic (exact) mass is 410 g/mol. The number of anilines is 1. The first-order valence-corrected chi connectivity index (χ1v) is 9.61. The molecule has 6 nitrogen and oxygen atoms in total. The van der Waals surface area contributed by atoms with Gasteiger partial charge in [0, 0.05) is 11.8 Å². The maximum atomic E-state index is 13.0. The fourth-order valence-electron chi connectivity index (χ4n) is 3.33. The van der Waals surface area contributed by atoms with Crippen LogP contribution in [0.25, 0.3) is 22.1 Å². The molecule has 3 aromatic carbocycles. The third-order valence-corrected chi connectivity index (χ3v) is 4.75. The van der Waals surface area contributed by atoms with Gasteiger partial charge in [-0.05, 0) is 42.8 Å². The molecule has 0 aliphatic carbocycles. The van der Waals surface area contributed by atoms with E-state index >= 15 is 0 Å². The zero-order valence-electron chi connectivity index (χ0n) is 16.7. The first kappa shape index (κ1) is 19.9. The molecule has 0 fully saturated rings. The molecule has 1 N–H and O–H groups in total. The van der Waals surface area contributed by atoms with Crippen LogP contribution in [0.4, 0.5) is 5.69 Å². The lowest BCUT2D eigenvalue weighted by Crippen LogP contribution is -2.20. The largest absolute Gasteiger partial charge is 0.484 e. The van der Waals surface area contributed by atoms with E-state index in [0.29, 0.717) is 39.3 Å². The second-order valence-electron chi connectivity index (χ2n) is 6.92. The van der Waals surface area contributed by atoms with Crippen LogP contribution in [-0.4, -0.2) is 12.5 Å². The predicted molar refractivity (Wildman–Crippen MR) is 118 cm³/mol. The first-order valence-electron chi connectivity index (χ1n) is 9.61. The minimum atomic E-state index is -0.368. The van der Waals surface area contributed by atoms with Crippen molar-refractivity contribution >= 4 is 22.6 Å². The summed E-state index contributed by atoms with van der Waals surface area (Å²) in [7, 11) is 0. The van der Waals surface area contributed by atoms with Gasteiger partial charge in [-0.1, -0.05) is 36.4 Å². The maximum absolute atomic E-state index is 13.0. The molecular weight excluding hydrogens is 392 g/mol. The van der Waals surface area contributed by atoms with Gasteiger partial charge in [-0.25, -0.2) is 0 Å². The number of hydrogen-bond donors (Lipinski definition) is 1. The van der Waals surface area contributed by atoms with E-state index in [2.05, 4.69) is 5.32 Å². The van der Waals surface area contributed by atoms with E-state index in [1.807, 2.05) is 36.4 Å². The molecule has 0 radical (unpaired) electrons. The molecule has 31 heavy (non-hydrogen) atoms. The lowest BCUT2D eigenvalue weighted by atomic mass is 10.0. The quantitative estimate of drug-likeness (QED) is 0.517. The molecule has 4 aromatic rings. The summed E-state index contributed by atoms with van der Waals surface area (Å²) in [5.41, 5.74) is 2.57. The van der Waals surface area contributed by atoms with Gasteiger partial charge in [-0.15, -0.1) is 0 Å². The molecule has 1 heterocycles. The third kappa shape index (κ3) is 4.31. The summed E-state index contributed by atoms with van der Waals surface area (Å²) in [6.07, 6.45) is 0. The Kier molecular flexibility index (Phi) is 5.50. The smallest absolute Gasteiger partial charge is 0.262 e. The molecular formula is C25H18N2O4. The molecule has 1 aromatic heterocycles. The molecule has 1 amide bonds. The number of benzene rings is 3. The van der Waals surface area contributed by atoms with Crippen LogP contribution in [0.3, 0.4) is 0 Å². The molecule has 0 atom stereocenters. The van der Waals surface area contributed by atoms with Crippen molar-refractivity contribution in [2.75, 3.05) is 11.9 Å². The van der Waals surface area contributed by atoms with Crippen molar-refractivity contribution in [1.29, 1.82) is 5.26 Å². The van der Waals surface area contributed by atoms with E-state index in [4.69, 9.17) is 14.4 Å². The molecule has 152 valence electrons. The molecule has 0 aliphatic rings. The van der Waals surface area contributed by atoms with Crippen LogP contribution in [-0.2, 0) is 4.79 Å². The van der Waals surface area contributed by atoms with Crippen molar-refractivity contribution in [1.82, 2.24) is 0 Å². The number of nitrogens with one attached hydrogen (secondary N) is 1. The average Bonchev–Trinajstić information content (AvgIpc) is 2.78. The van der Waals surface area contributed by atoms with E-state index in [1.165, 1.54) is 0 Å². The lowest BCUT2D eigenvalue weighted by molar-refractivity contribution is -0.118. The first-order chi connectivity index (χ1) is 15.0. The van der Waals surface area contributed by atoms with Gasteiger partial charge < -0.3 is 14.5 Å². The predicted octanol–water partition coefficient (Wildman–Crippen LogP) is 4.66. The van der Waals surface area contributed by atoms with Gasteiger partial charge in [0.1, 0.15) is 17.1 Å². The summed E-state index contributed by atoms with van der Waals surface area (Å²) in [5.74, 6) is 0.548. The van der Waals surface area contributed by atoms with Crippen molar-refractivity contribution in [2.45, 2.75) is 6.92 Å². The van der Waals surface area contributed by atoms with Crippen LogP contribution in [0.5, 0.6) is 5.75 Å². The minimum Gasteiger partial charge on any atom is -0.484 e. The molecule has 0 unspecified atom stereocenters. The van der Waals surface area contributed by atoms with Gasteiger partial charge >= 0.3 is 0 Å². The van der Waals surface area contributed by atoms with Gasteiger partial charge in [0.05, 0.1) is 22.6 Å². The van der Waals surface area contributed by atoms with Crippen LogP contribution in [0.1, 0.15) is 11.3 Å². The highest BCUT2D eigenvalue weighted by molar-refractivity contribution is 5.92. The Balaban J connectivity index is 1.52. The molecule has 6 heteroatoms. The van der Waals surface area contributed by atoms with Gasteiger partial charge in [0.25, 0.3) is 5.91 Å². The van der Waals surface area contributed by atoms with E-state index in [0.717, 1.165) is 5.56 Å². The average molecular weight is 410 g/mol. The van der Waals surface area contributed by atoms with Crippen molar-refractivity contribution in [2.24, 2.45) is 0 Å². The summed E-state index contributed by atoms with van der Waals surface area (Å²) in [6.45, 7) is 1.52. The highest BCUT2D eigenvalue weighted by atomic mass is 16.5. The highest BCUT2D eigenvalue weighted by Gasteiger charge is 2.14. The molecule has 0 aliphatic heterocycles. The van der Waals surface area contributed by atoms with Crippen molar-refractivity contribution < 1.29 is 13.9 Å². The highest BCUT2D eigenvalue weighted by Crippen LogP contribution is 2.26. The number of rotatable bonds is 5. The maximum Gasteiger partial charge on any atom is 0.262 e. The standard InChI is InChI=1S/C25H18N2O4/c1-16-24(18-7-3-2-4-8-18)25(29)21-11-10-20(13-22(21)31-16)30-15-23(28)27-19-9-5-6-17(12-19)14-26/h2-13H,15H2,1H3,(H,27,28). The second-order valence-corrected chi connectivity index (χ2v) is 6.92. The third-order valence-electron chi connectivity index (χ3n) is 4.75. The van der Waals surface area contributed by atoms with Crippen LogP contribution >= 0.6 is 0 Å². The van der Waals surface area contributed by atoms with Gasteiger partial charge in [-0.3, -0.25) is 9.59 Å². The molecule has 0 spiro atoms. The Bertz CT molecular complexity index is 1370. The van der Waals surface area contributed by atoms with Crippen LogP contribution in [0, 0.1) is 18.3 Å². The second kappa shape index (κ2) is 8.56. The number of fused-ring (bicyclic) bond motifs is 1.